The fourth-order valence-corrected chi connectivity index (χ4v) is 0.0975. The molecule has 0 heterocycles. The first-order valence-electron chi connectivity index (χ1n) is 1.53. The van der Waals surface area contributed by atoms with Gasteiger partial charge >= 0.3 is 0 Å². The zero-order valence-electron chi connectivity index (χ0n) is 3.50. The number of hydrogen-bond acceptors (Lipinski definition) is 4. The van der Waals surface area contributed by atoms with E-state index in [4.69, 9.17) is 11.0 Å². The van der Waals surface area contributed by atoms with Crippen molar-refractivity contribution in [3.8, 4) is 0 Å². The minimum atomic E-state index is -0.310. The second-order valence-corrected chi connectivity index (χ2v) is 0.796. The fraction of sp³-hybridized carbons (Fsp3) is 0. The molecule has 7 heavy (non-hydrogen) atoms. The van der Waals surface area contributed by atoms with Crippen LogP contribution in [-0.4, -0.2) is 11.5 Å². The Hall–Kier alpha value is -1.03. The third-order valence-electron chi connectivity index (χ3n) is 0.338. The van der Waals surface area contributed by atoms with Crippen LogP contribution in [0.2, 0.25) is 0 Å². The van der Waals surface area contributed by atoms with Crippen LogP contribution < -0.4 is 5.73 Å². The highest BCUT2D eigenvalue weighted by molar-refractivity contribution is 5.65. The van der Waals surface area contributed by atoms with Crippen molar-refractivity contribution in [2.24, 2.45) is 5.73 Å². The second-order valence-electron chi connectivity index (χ2n) is 0.796. The summed E-state index contributed by atoms with van der Waals surface area (Å²) >= 11 is 0. The number of carbonyl (C=O) groups is 1. The van der Waals surface area contributed by atoms with Gasteiger partial charge < -0.3 is 10.6 Å². The summed E-state index contributed by atoms with van der Waals surface area (Å²) in [5.74, 6) is -0.310. The average molecular weight is 103 g/mol. The molecule has 0 unspecified atom stereocenters. The van der Waals surface area contributed by atoms with Crippen LogP contribution in [0.4, 0.5) is 0 Å². The molecule has 0 aromatic heterocycles. The zero-order chi connectivity index (χ0) is 5.70. The summed E-state index contributed by atoms with van der Waals surface area (Å²) < 4.78 is 0. The monoisotopic (exact) mass is 103 g/mol. The molecule has 40 valence electrons. The van der Waals surface area contributed by atoms with E-state index in [0.29, 0.717) is 6.29 Å². The molecule has 0 saturated heterocycles. The van der Waals surface area contributed by atoms with Gasteiger partial charge in [-0.2, -0.15) is 0 Å². The SMILES string of the molecule is N/C(=C\C=O)OO. The van der Waals surface area contributed by atoms with Gasteiger partial charge in [-0.15, -0.1) is 0 Å². The van der Waals surface area contributed by atoms with Gasteiger partial charge in [0.2, 0.25) is 5.88 Å². The maximum Gasteiger partial charge on any atom is 0.230 e. The van der Waals surface area contributed by atoms with E-state index in [1.807, 2.05) is 0 Å². The molecule has 0 saturated carbocycles. The van der Waals surface area contributed by atoms with Crippen molar-refractivity contribution in [3.05, 3.63) is 12.0 Å². The van der Waals surface area contributed by atoms with Crippen LogP contribution in [0.3, 0.4) is 0 Å². The molecule has 0 atom stereocenters. The van der Waals surface area contributed by atoms with Gasteiger partial charge in [0.1, 0.15) is 6.29 Å². The third-order valence-corrected chi connectivity index (χ3v) is 0.338. The van der Waals surface area contributed by atoms with Crippen molar-refractivity contribution in [3.63, 3.8) is 0 Å². The summed E-state index contributed by atoms with van der Waals surface area (Å²) in [7, 11) is 0. The number of rotatable bonds is 2. The fourth-order valence-electron chi connectivity index (χ4n) is 0.0975. The largest absolute Gasteiger partial charge is 0.367 e. The van der Waals surface area contributed by atoms with Crippen molar-refractivity contribution in [1.29, 1.82) is 0 Å². The summed E-state index contributed by atoms with van der Waals surface area (Å²) in [4.78, 5) is 12.8. The van der Waals surface area contributed by atoms with Crippen LogP contribution in [0, 0.1) is 0 Å². The van der Waals surface area contributed by atoms with Crippen molar-refractivity contribution < 1.29 is 14.9 Å². The first-order valence-corrected chi connectivity index (χ1v) is 1.53. The lowest BCUT2D eigenvalue weighted by atomic mass is 10.6. The Bertz CT molecular complexity index is 88.2. The first-order chi connectivity index (χ1) is 3.31. The molecule has 0 rings (SSSR count). The molecule has 4 nitrogen and oxygen atoms in total. The summed E-state index contributed by atoms with van der Waals surface area (Å²) in [6.45, 7) is 0. The van der Waals surface area contributed by atoms with Crippen molar-refractivity contribution in [2.45, 2.75) is 0 Å². The smallest absolute Gasteiger partial charge is 0.230 e. The molecule has 0 amide bonds. The standard InChI is InChI=1S/C3H5NO3/c4-3(7-6)1-2-5/h1-2,6H,4H2/b3-1+. The molecule has 0 bridgehead atoms. The van der Waals surface area contributed by atoms with Gasteiger partial charge in [-0.05, 0) is 0 Å². The van der Waals surface area contributed by atoms with E-state index >= 15 is 0 Å². The summed E-state index contributed by atoms with van der Waals surface area (Å²) in [6, 6.07) is 0. The predicted octanol–water partition coefficient (Wildman–Crippen LogP) is -0.525. The molecule has 0 aromatic rings. The highest BCUT2D eigenvalue weighted by atomic mass is 17.1. The molecular weight excluding hydrogens is 98.0 g/mol. The van der Waals surface area contributed by atoms with Crippen LogP contribution in [0.25, 0.3) is 0 Å². The van der Waals surface area contributed by atoms with Gasteiger partial charge in [0.15, 0.2) is 0 Å². The molecule has 0 aliphatic carbocycles. The topological polar surface area (TPSA) is 72.6 Å². The normalized spacial score (nSPS) is 10.7. The number of carbonyl (C=O) groups excluding carboxylic acids is 1. The van der Waals surface area contributed by atoms with Gasteiger partial charge in [0.25, 0.3) is 0 Å². The van der Waals surface area contributed by atoms with E-state index in [2.05, 4.69) is 4.89 Å². The van der Waals surface area contributed by atoms with E-state index in [-0.39, 0.29) is 5.88 Å². The summed E-state index contributed by atoms with van der Waals surface area (Å²) in [5, 5.41) is 7.61. The van der Waals surface area contributed by atoms with E-state index in [9.17, 15) is 4.79 Å². The maximum absolute atomic E-state index is 9.43. The molecular formula is C3H5NO3. The van der Waals surface area contributed by atoms with Crippen LogP contribution in [0.15, 0.2) is 12.0 Å². The number of aldehydes is 1. The van der Waals surface area contributed by atoms with Gasteiger partial charge in [-0.3, -0.25) is 4.79 Å². The lowest BCUT2D eigenvalue weighted by molar-refractivity contribution is -0.204. The molecule has 0 radical (unpaired) electrons. The highest BCUT2D eigenvalue weighted by Crippen LogP contribution is 1.75. The Morgan fingerprint density at radius 3 is 2.57 bits per heavy atom. The minimum Gasteiger partial charge on any atom is -0.367 e. The van der Waals surface area contributed by atoms with Crippen LogP contribution >= 0.6 is 0 Å². The van der Waals surface area contributed by atoms with Gasteiger partial charge in [0.05, 0.1) is 0 Å². The minimum absolute atomic E-state index is 0.310. The Morgan fingerprint density at radius 1 is 1.86 bits per heavy atom. The third kappa shape index (κ3) is 2.78. The van der Waals surface area contributed by atoms with E-state index < -0.39 is 0 Å². The van der Waals surface area contributed by atoms with E-state index in [0.717, 1.165) is 6.08 Å². The number of allylic oxidation sites excluding steroid dienone is 1. The van der Waals surface area contributed by atoms with E-state index in [1.165, 1.54) is 0 Å². The van der Waals surface area contributed by atoms with E-state index in [1.54, 1.807) is 0 Å². The Morgan fingerprint density at radius 2 is 2.43 bits per heavy atom. The van der Waals surface area contributed by atoms with Crippen LogP contribution in [-0.2, 0) is 9.68 Å². The summed E-state index contributed by atoms with van der Waals surface area (Å²) in [5.41, 5.74) is 4.74. The van der Waals surface area contributed by atoms with Crippen molar-refractivity contribution in [2.75, 3.05) is 0 Å². The predicted molar refractivity (Wildman–Crippen MR) is 22.0 cm³/mol. The van der Waals surface area contributed by atoms with Gasteiger partial charge in [0, 0.05) is 6.08 Å². The lowest BCUT2D eigenvalue weighted by Crippen LogP contribution is -1.98. The molecule has 4 heteroatoms. The molecule has 0 aliphatic heterocycles. The molecule has 3 N–H and O–H groups in total. The van der Waals surface area contributed by atoms with Gasteiger partial charge in [-0.1, -0.05) is 0 Å². The maximum atomic E-state index is 9.43. The molecule has 0 aromatic carbocycles. The van der Waals surface area contributed by atoms with Crippen LogP contribution in [0.1, 0.15) is 0 Å². The Balaban J connectivity index is 3.49. The lowest BCUT2D eigenvalue weighted by Gasteiger charge is -1.87. The Labute approximate surface area is 40.1 Å². The molecule has 0 aliphatic rings. The summed E-state index contributed by atoms with van der Waals surface area (Å²) in [6.07, 6.45) is 1.30. The first kappa shape index (κ1) is 5.97. The number of hydrogen-bond donors (Lipinski definition) is 2. The van der Waals surface area contributed by atoms with Crippen LogP contribution in [0.5, 0.6) is 0 Å². The zero-order valence-corrected chi connectivity index (χ0v) is 3.50. The molecule has 0 spiro atoms. The quantitative estimate of drug-likeness (QED) is 0.162. The Kier molecular flexibility index (Phi) is 2.70. The second kappa shape index (κ2) is 3.17. The average Bonchev–Trinajstić information content (AvgIpc) is 1.68. The highest BCUT2D eigenvalue weighted by Gasteiger charge is 1.80. The van der Waals surface area contributed by atoms with Crippen molar-refractivity contribution >= 4 is 6.29 Å². The molecule has 0 fully saturated rings. The number of nitrogens with two attached hydrogens (primary N) is 1. The van der Waals surface area contributed by atoms with Crippen molar-refractivity contribution in [1.82, 2.24) is 0 Å². The van der Waals surface area contributed by atoms with Gasteiger partial charge in [-0.25, -0.2) is 5.26 Å².